The summed E-state index contributed by atoms with van der Waals surface area (Å²) in [5, 5.41) is 10.1. The maximum Gasteiger partial charge on any atom is 0.260 e. The van der Waals surface area contributed by atoms with Crippen LogP contribution in [0.2, 0.25) is 0 Å². The average Bonchev–Trinajstić information content (AvgIpc) is 2.66. The molecule has 114 valence electrons. The zero-order valence-electron chi connectivity index (χ0n) is 12.6. The Kier molecular flexibility index (Phi) is 4.22. The lowest BCUT2D eigenvalue weighted by Gasteiger charge is -2.38. The minimum atomic E-state index is -3.57. The van der Waals surface area contributed by atoms with E-state index >= 15 is 0 Å². The summed E-state index contributed by atoms with van der Waals surface area (Å²) in [6, 6.07) is 0.289. The van der Waals surface area contributed by atoms with Crippen LogP contribution in [0.5, 0.6) is 0 Å². The first kappa shape index (κ1) is 15.5. The topological polar surface area (TPSA) is 86.9 Å². The molecule has 0 radical (unpaired) electrons. The third kappa shape index (κ3) is 3.21. The van der Waals surface area contributed by atoms with E-state index in [1.54, 1.807) is 0 Å². The van der Waals surface area contributed by atoms with E-state index in [2.05, 4.69) is 20.2 Å². The number of H-pyrrole nitrogens is 1. The van der Waals surface area contributed by atoms with Gasteiger partial charge >= 0.3 is 0 Å². The fourth-order valence-electron chi connectivity index (χ4n) is 2.35. The molecule has 0 bridgehead atoms. The van der Waals surface area contributed by atoms with Gasteiger partial charge in [-0.2, -0.15) is 5.10 Å². The Morgan fingerprint density at radius 1 is 1.40 bits per heavy atom. The summed E-state index contributed by atoms with van der Waals surface area (Å²) < 4.78 is 27.8. The second-order valence-electron chi connectivity index (χ2n) is 6.19. The molecule has 1 aliphatic rings. The number of aromatic amines is 1. The lowest BCUT2D eigenvalue weighted by Crippen LogP contribution is -2.51. The van der Waals surface area contributed by atoms with Crippen molar-refractivity contribution in [2.75, 3.05) is 0 Å². The van der Waals surface area contributed by atoms with Crippen molar-refractivity contribution in [1.82, 2.24) is 20.2 Å². The van der Waals surface area contributed by atoms with Crippen molar-refractivity contribution < 1.29 is 8.42 Å². The van der Waals surface area contributed by atoms with Crippen molar-refractivity contribution >= 4 is 10.0 Å². The molecule has 1 heterocycles. The SMILES string of the molecule is Cc1[nH]nc(S(=O)(=O)NC2(C)CCC2)c1CNC(C)C. The molecule has 0 atom stereocenters. The Bertz CT molecular complexity index is 573. The molecule has 0 amide bonds. The largest absolute Gasteiger partial charge is 0.310 e. The molecule has 1 fully saturated rings. The van der Waals surface area contributed by atoms with E-state index in [1.165, 1.54) is 0 Å². The summed E-state index contributed by atoms with van der Waals surface area (Å²) in [4.78, 5) is 0. The highest BCUT2D eigenvalue weighted by molar-refractivity contribution is 7.89. The third-order valence-corrected chi connectivity index (χ3v) is 5.42. The van der Waals surface area contributed by atoms with Gasteiger partial charge in [-0.25, -0.2) is 13.1 Å². The van der Waals surface area contributed by atoms with Gasteiger partial charge in [-0.05, 0) is 33.1 Å². The summed E-state index contributed by atoms with van der Waals surface area (Å²) in [6.07, 6.45) is 2.84. The number of hydrogen-bond donors (Lipinski definition) is 3. The summed E-state index contributed by atoms with van der Waals surface area (Å²) in [6.45, 7) is 8.33. The van der Waals surface area contributed by atoms with Gasteiger partial charge in [-0.1, -0.05) is 13.8 Å². The molecular weight excluding hydrogens is 276 g/mol. The Morgan fingerprint density at radius 3 is 2.55 bits per heavy atom. The molecule has 0 aliphatic heterocycles. The molecule has 2 rings (SSSR count). The fourth-order valence-corrected chi connectivity index (χ4v) is 4.01. The number of rotatable bonds is 6. The summed E-state index contributed by atoms with van der Waals surface area (Å²) >= 11 is 0. The minimum Gasteiger partial charge on any atom is -0.310 e. The third-order valence-electron chi connectivity index (χ3n) is 3.82. The lowest BCUT2D eigenvalue weighted by molar-refractivity contribution is 0.247. The number of nitrogens with one attached hydrogen (secondary N) is 3. The van der Waals surface area contributed by atoms with Gasteiger partial charge in [0.1, 0.15) is 0 Å². The maximum atomic E-state index is 12.5. The van der Waals surface area contributed by atoms with Crippen LogP contribution < -0.4 is 10.0 Å². The van der Waals surface area contributed by atoms with E-state index < -0.39 is 10.0 Å². The molecule has 0 unspecified atom stereocenters. The van der Waals surface area contributed by atoms with Gasteiger partial charge in [0.25, 0.3) is 10.0 Å². The van der Waals surface area contributed by atoms with Crippen molar-refractivity contribution in [3.05, 3.63) is 11.3 Å². The van der Waals surface area contributed by atoms with Crippen LogP contribution in [0.25, 0.3) is 0 Å². The van der Waals surface area contributed by atoms with E-state index in [9.17, 15) is 8.42 Å². The van der Waals surface area contributed by atoms with E-state index in [1.807, 2.05) is 27.7 Å². The number of aromatic nitrogens is 2. The zero-order chi connectivity index (χ0) is 15.0. The standard InChI is InChI=1S/C13H24N4O2S/c1-9(2)14-8-11-10(3)15-16-12(11)20(18,19)17-13(4)6-5-7-13/h9,14,17H,5-8H2,1-4H3,(H,15,16). The summed E-state index contributed by atoms with van der Waals surface area (Å²) in [7, 11) is -3.57. The van der Waals surface area contributed by atoms with E-state index in [0.29, 0.717) is 12.1 Å². The van der Waals surface area contributed by atoms with Gasteiger partial charge < -0.3 is 5.32 Å². The molecule has 6 nitrogen and oxygen atoms in total. The molecule has 7 heteroatoms. The van der Waals surface area contributed by atoms with E-state index in [0.717, 1.165) is 25.0 Å². The predicted octanol–water partition coefficient (Wildman–Crippen LogP) is 1.44. The molecule has 1 saturated carbocycles. The Morgan fingerprint density at radius 2 is 2.05 bits per heavy atom. The lowest BCUT2D eigenvalue weighted by atomic mass is 9.80. The van der Waals surface area contributed by atoms with E-state index in [4.69, 9.17) is 0 Å². The Balaban J connectivity index is 2.22. The Labute approximate surface area is 120 Å². The first-order valence-electron chi connectivity index (χ1n) is 7.05. The second kappa shape index (κ2) is 5.46. The van der Waals surface area contributed by atoms with Crippen LogP contribution in [-0.2, 0) is 16.6 Å². The van der Waals surface area contributed by atoms with Crippen molar-refractivity contribution in [2.24, 2.45) is 0 Å². The van der Waals surface area contributed by atoms with Crippen LogP contribution in [0, 0.1) is 6.92 Å². The number of sulfonamides is 1. The zero-order valence-corrected chi connectivity index (χ0v) is 13.4. The molecule has 3 N–H and O–H groups in total. The van der Waals surface area contributed by atoms with Crippen molar-refractivity contribution in [3.8, 4) is 0 Å². The highest BCUT2D eigenvalue weighted by atomic mass is 32.2. The maximum absolute atomic E-state index is 12.5. The van der Waals surface area contributed by atoms with Gasteiger partial charge in [0, 0.05) is 29.4 Å². The monoisotopic (exact) mass is 300 g/mol. The number of aryl methyl sites for hydroxylation is 1. The Hall–Kier alpha value is -0.920. The number of hydrogen-bond acceptors (Lipinski definition) is 4. The molecule has 0 spiro atoms. The summed E-state index contributed by atoms with van der Waals surface area (Å²) in [5.74, 6) is 0. The first-order chi connectivity index (χ1) is 9.23. The van der Waals surface area contributed by atoms with E-state index in [-0.39, 0.29) is 16.6 Å². The van der Waals surface area contributed by atoms with Crippen LogP contribution in [0.3, 0.4) is 0 Å². The smallest absolute Gasteiger partial charge is 0.260 e. The average molecular weight is 300 g/mol. The van der Waals surface area contributed by atoms with Crippen molar-refractivity contribution in [3.63, 3.8) is 0 Å². The first-order valence-corrected chi connectivity index (χ1v) is 8.53. The molecule has 1 aromatic heterocycles. The molecule has 1 aromatic rings. The molecule has 1 aliphatic carbocycles. The van der Waals surface area contributed by atoms with Gasteiger partial charge in [0.05, 0.1) is 0 Å². The van der Waals surface area contributed by atoms with Crippen LogP contribution in [0.15, 0.2) is 5.03 Å². The highest BCUT2D eigenvalue weighted by Crippen LogP contribution is 2.32. The highest BCUT2D eigenvalue weighted by Gasteiger charge is 2.38. The quantitative estimate of drug-likeness (QED) is 0.742. The second-order valence-corrected chi connectivity index (χ2v) is 7.79. The molecule has 20 heavy (non-hydrogen) atoms. The molecule has 0 aromatic carbocycles. The van der Waals surface area contributed by atoms with Gasteiger partial charge in [-0.15, -0.1) is 0 Å². The van der Waals surface area contributed by atoms with Gasteiger partial charge in [-0.3, -0.25) is 5.10 Å². The van der Waals surface area contributed by atoms with Crippen LogP contribution in [-0.4, -0.2) is 30.2 Å². The van der Waals surface area contributed by atoms with Crippen LogP contribution >= 0.6 is 0 Å². The van der Waals surface area contributed by atoms with Crippen molar-refractivity contribution in [2.45, 2.75) is 70.1 Å². The number of nitrogens with zero attached hydrogens (tertiary/aromatic N) is 1. The molecule has 0 saturated heterocycles. The molecular formula is C13H24N4O2S. The summed E-state index contributed by atoms with van der Waals surface area (Å²) in [5.41, 5.74) is 1.19. The van der Waals surface area contributed by atoms with Crippen LogP contribution in [0.1, 0.15) is 51.3 Å². The van der Waals surface area contributed by atoms with Crippen LogP contribution in [0.4, 0.5) is 0 Å². The normalized spacial score (nSPS) is 18.2. The van der Waals surface area contributed by atoms with Gasteiger partial charge in [0.2, 0.25) is 0 Å². The van der Waals surface area contributed by atoms with Crippen molar-refractivity contribution in [1.29, 1.82) is 0 Å². The fraction of sp³-hybridized carbons (Fsp3) is 0.769. The van der Waals surface area contributed by atoms with Gasteiger partial charge in [0.15, 0.2) is 5.03 Å². The minimum absolute atomic E-state index is 0.122. The predicted molar refractivity (Wildman–Crippen MR) is 77.9 cm³/mol.